The first-order valence-corrected chi connectivity index (χ1v) is 8.41. The van der Waals surface area contributed by atoms with Gasteiger partial charge < -0.3 is 9.88 Å². The second-order valence-corrected chi connectivity index (χ2v) is 6.48. The van der Waals surface area contributed by atoms with Gasteiger partial charge in [-0.1, -0.05) is 18.2 Å². The molecule has 120 valence electrons. The molecule has 5 heteroatoms. The molecule has 2 aromatic rings. The van der Waals surface area contributed by atoms with Crippen LogP contribution >= 0.6 is 0 Å². The molecule has 1 atom stereocenters. The summed E-state index contributed by atoms with van der Waals surface area (Å²) in [7, 11) is 0. The van der Waals surface area contributed by atoms with Crippen LogP contribution in [0.2, 0.25) is 0 Å². The average Bonchev–Trinajstić information content (AvgIpc) is 3.06. The summed E-state index contributed by atoms with van der Waals surface area (Å²) in [5.74, 6) is 0.149. The smallest absolute Gasteiger partial charge is 0.241 e. The number of likely N-dealkylation sites (tertiary alicyclic amines) is 1. The number of fused-ring (bicyclic) bond motifs is 1. The highest BCUT2D eigenvalue weighted by molar-refractivity contribution is 5.96. The number of hydrogen-bond acceptors (Lipinski definition) is 3. The molecule has 0 spiro atoms. The number of amides is 1. The van der Waals surface area contributed by atoms with E-state index in [1.807, 2.05) is 36.9 Å². The molecular weight excluding hydrogens is 288 g/mol. The molecule has 1 aromatic heterocycles. The summed E-state index contributed by atoms with van der Waals surface area (Å²) in [6.07, 6.45) is 9.78. The van der Waals surface area contributed by atoms with E-state index in [1.165, 1.54) is 5.56 Å². The lowest BCUT2D eigenvalue weighted by Crippen LogP contribution is -2.47. The molecule has 0 aliphatic carbocycles. The second-order valence-electron chi connectivity index (χ2n) is 6.48. The van der Waals surface area contributed by atoms with Crippen molar-refractivity contribution in [3.05, 3.63) is 48.5 Å². The van der Waals surface area contributed by atoms with Crippen LogP contribution in [0.4, 0.5) is 5.69 Å². The number of imidazole rings is 1. The molecule has 1 amide bonds. The Morgan fingerprint density at radius 1 is 1.13 bits per heavy atom. The molecule has 0 bridgehead atoms. The number of benzene rings is 1. The zero-order valence-corrected chi connectivity index (χ0v) is 13.2. The van der Waals surface area contributed by atoms with Gasteiger partial charge in [-0.05, 0) is 37.3 Å². The fourth-order valence-corrected chi connectivity index (χ4v) is 3.83. The minimum Gasteiger partial charge on any atom is -0.334 e. The first kappa shape index (κ1) is 14.5. The van der Waals surface area contributed by atoms with E-state index in [0.717, 1.165) is 44.5 Å². The molecule has 0 saturated carbocycles. The third-order valence-corrected chi connectivity index (χ3v) is 5.15. The first-order chi connectivity index (χ1) is 11.3. The molecule has 2 aliphatic rings. The molecule has 3 heterocycles. The van der Waals surface area contributed by atoms with Gasteiger partial charge in [-0.2, -0.15) is 0 Å². The van der Waals surface area contributed by atoms with Gasteiger partial charge in [0.05, 0.1) is 12.4 Å². The monoisotopic (exact) mass is 310 g/mol. The summed E-state index contributed by atoms with van der Waals surface area (Å²) in [6, 6.07) is 8.65. The predicted octanol–water partition coefficient (Wildman–Crippen LogP) is 2.47. The molecule has 4 rings (SSSR count). The van der Waals surface area contributed by atoms with Crippen LogP contribution in [-0.2, 0) is 11.2 Å². The zero-order valence-electron chi connectivity index (χ0n) is 13.2. The highest BCUT2D eigenvalue weighted by Gasteiger charge is 2.31. The van der Waals surface area contributed by atoms with Crippen molar-refractivity contribution in [2.75, 3.05) is 18.4 Å². The molecular formula is C18H22N4O. The van der Waals surface area contributed by atoms with E-state index in [0.29, 0.717) is 6.04 Å². The lowest BCUT2D eigenvalue weighted by Gasteiger charge is -2.36. The Labute approximate surface area is 136 Å². The van der Waals surface area contributed by atoms with E-state index in [1.54, 1.807) is 0 Å². The average molecular weight is 310 g/mol. The van der Waals surface area contributed by atoms with Crippen molar-refractivity contribution in [1.29, 1.82) is 0 Å². The minimum atomic E-state index is -0.00821. The van der Waals surface area contributed by atoms with Gasteiger partial charge >= 0.3 is 0 Å². The Morgan fingerprint density at radius 3 is 2.74 bits per heavy atom. The zero-order chi connectivity index (χ0) is 15.6. The van der Waals surface area contributed by atoms with Crippen LogP contribution in [0.5, 0.6) is 0 Å². The van der Waals surface area contributed by atoms with E-state index in [-0.39, 0.29) is 11.9 Å². The Balaban J connectivity index is 1.42. The van der Waals surface area contributed by atoms with Crippen molar-refractivity contribution in [2.24, 2.45) is 0 Å². The van der Waals surface area contributed by atoms with Crippen LogP contribution in [0.1, 0.15) is 30.9 Å². The van der Waals surface area contributed by atoms with Gasteiger partial charge in [0.2, 0.25) is 5.91 Å². The van der Waals surface area contributed by atoms with Crippen LogP contribution in [0.25, 0.3) is 0 Å². The summed E-state index contributed by atoms with van der Waals surface area (Å²) >= 11 is 0. The molecule has 5 nitrogen and oxygen atoms in total. The fraction of sp³-hybridized carbons (Fsp3) is 0.444. The van der Waals surface area contributed by atoms with Gasteiger partial charge in [0.1, 0.15) is 0 Å². The maximum Gasteiger partial charge on any atom is 0.241 e. The van der Waals surface area contributed by atoms with Crippen molar-refractivity contribution in [2.45, 2.75) is 37.8 Å². The van der Waals surface area contributed by atoms with Crippen LogP contribution < -0.4 is 5.32 Å². The quantitative estimate of drug-likeness (QED) is 0.927. The number of nitrogens with zero attached hydrogens (tertiary/aromatic N) is 3. The van der Waals surface area contributed by atoms with E-state index in [9.17, 15) is 4.79 Å². The third kappa shape index (κ3) is 2.88. The van der Waals surface area contributed by atoms with Crippen LogP contribution in [0, 0.1) is 0 Å². The lowest BCUT2D eigenvalue weighted by molar-refractivity contribution is -0.122. The van der Waals surface area contributed by atoms with Crippen LogP contribution in [0.3, 0.4) is 0 Å². The Hall–Kier alpha value is -2.14. The molecule has 23 heavy (non-hydrogen) atoms. The highest BCUT2D eigenvalue weighted by atomic mass is 16.2. The van der Waals surface area contributed by atoms with E-state index in [2.05, 4.69) is 25.8 Å². The summed E-state index contributed by atoms with van der Waals surface area (Å²) < 4.78 is 2.19. The molecule has 1 N–H and O–H groups in total. The van der Waals surface area contributed by atoms with E-state index >= 15 is 0 Å². The van der Waals surface area contributed by atoms with Gasteiger partial charge in [-0.3, -0.25) is 9.69 Å². The normalized spacial score (nSPS) is 23.1. The number of hydrogen-bond donors (Lipinski definition) is 1. The van der Waals surface area contributed by atoms with Gasteiger partial charge in [0.15, 0.2) is 0 Å². The number of carbonyl (C=O) groups is 1. The SMILES string of the molecule is O=C1Nc2ccccc2CC[C@H]1N1CCC(n2ccnc2)CC1. The number of aromatic nitrogens is 2. The van der Waals surface area contributed by atoms with Gasteiger partial charge in [-0.15, -0.1) is 0 Å². The predicted molar refractivity (Wildman–Crippen MR) is 89.3 cm³/mol. The van der Waals surface area contributed by atoms with Crippen molar-refractivity contribution in [3.8, 4) is 0 Å². The largest absolute Gasteiger partial charge is 0.334 e. The maximum absolute atomic E-state index is 12.6. The second kappa shape index (κ2) is 6.16. The number of nitrogens with one attached hydrogen (secondary N) is 1. The van der Waals surface area contributed by atoms with Crippen molar-refractivity contribution < 1.29 is 4.79 Å². The van der Waals surface area contributed by atoms with Crippen molar-refractivity contribution in [3.63, 3.8) is 0 Å². The Kier molecular flexibility index (Phi) is 3.87. The van der Waals surface area contributed by atoms with Gasteiger partial charge in [-0.25, -0.2) is 4.98 Å². The van der Waals surface area contributed by atoms with Crippen LogP contribution in [-0.4, -0.2) is 39.5 Å². The highest BCUT2D eigenvalue weighted by Crippen LogP contribution is 2.28. The van der Waals surface area contributed by atoms with Gasteiger partial charge in [0, 0.05) is 37.2 Å². The van der Waals surface area contributed by atoms with Gasteiger partial charge in [0.25, 0.3) is 0 Å². The number of anilines is 1. The summed E-state index contributed by atoms with van der Waals surface area (Å²) in [5, 5.41) is 3.11. The van der Waals surface area contributed by atoms with E-state index in [4.69, 9.17) is 0 Å². The number of aryl methyl sites for hydroxylation is 1. The molecule has 1 saturated heterocycles. The fourth-order valence-electron chi connectivity index (χ4n) is 3.83. The summed E-state index contributed by atoms with van der Waals surface area (Å²) in [5.41, 5.74) is 2.23. The number of para-hydroxylation sites is 1. The summed E-state index contributed by atoms with van der Waals surface area (Å²) in [6.45, 7) is 1.94. The molecule has 0 unspecified atom stereocenters. The summed E-state index contributed by atoms with van der Waals surface area (Å²) in [4.78, 5) is 19.1. The third-order valence-electron chi connectivity index (χ3n) is 5.15. The molecule has 1 aromatic carbocycles. The number of rotatable bonds is 2. The van der Waals surface area contributed by atoms with E-state index < -0.39 is 0 Å². The molecule has 0 radical (unpaired) electrons. The molecule has 1 fully saturated rings. The van der Waals surface area contributed by atoms with Crippen molar-refractivity contribution in [1.82, 2.24) is 14.5 Å². The topological polar surface area (TPSA) is 50.2 Å². The Morgan fingerprint density at radius 2 is 1.96 bits per heavy atom. The maximum atomic E-state index is 12.6. The standard InChI is InChI=1S/C18H22N4O/c23-18-17(6-5-14-3-1-2-4-16(14)20-18)21-10-7-15(8-11-21)22-12-9-19-13-22/h1-4,9,12-13,15,17H,5-8,10-11H2,(H,20,23)/t17-/m1/s1. The van der Waals surface area contributed by atoms with Crippen molar-refractivity contribution >= 4 is 11.6 Å². The molecule has 2 aliphatic heterocycles. The minimum absolute atomic E-state index is 0.00821. The number of piperidine rings is 1. The number of carbonyl (C=O) groups excluding carboxylic acids is 1. The van der Waals surface area contributed by atoms with Crippen LogP contribution in [0.15, 0.2) is 43.0 Å². The Bertz CT molecular complexity index is 674. The first-order valence-electron chi connectivity index (χ1n) is 8.41. The lowest BCUT2D eigenvalue weighted by atomic mass is 10.00.